The molecule has 0 amide bonds. The Morgan fingerprint density at radius 2 is 2.45 bits per heavy atom. The van der Waals surface area contributed by atoms with Gasteiger partial charge in [0.05, 0.1) is 0 Å². The molecule has 0 aromatic heterocycles. The summed E-state index contributed by atoms with van der Waals surface area (Å²) < 4.78 is 0. The number of hydrogen-bond acceptors (Lipinski definition) is 2. The Bertz CT molecular complexity index is 172. The van der Waals surface area contributed by atoms with Crippen molar-refractivity contribution in [3.05, 3.63) is 0 Å². The molecule has 0 spiro atoms. The van der Waals surface area contributed by atoms with Gasteiger partial charge in [0.2, 0.25) is 0 Å². The SMILES string of the molecule is CCC#CC1(O)CCCNC1. The van der Waals surface area contributed by atoms with Crippen LogP contribution in [0.1, 0.15) is 26.2 Å². The quantitative estimate of drug-likeness (QED) is 0.497. The van der Waals surface area contributed by atoms with E-state index in [1.165, 1.54) is 0 Å². The monoisotopic (exact) mass is 153 g/mol. The van der Waals surface area contributed by atoms with Gasteiger partial charge < -0.3 is 10.4 Å². The molecule has 62 valence electrons. The van der Waals surface area contributed by atoms with Crippen molar-refractivity contribution >= 4 is 0 Å². The van der Waals surface area contributed by atoms with Crippen LogP contribution in [0.25, 0.3) is 0 Å². The van der Waals surface area contributed by atoms with Crippen molar-refractivity contribution in [3.63, 3.8) is 0 Å². The van der Waals surface area contributed by atoms with Crippen molar-refractivity contribution in [2.45, 2.75) is 31.8 Å². The minimum absolute atomic E-state index is 0.625. The molecule has 2 heteroatoms. The van der Waals surface area contributed by atoms with Crippen LogP contribution < -0.4 is 5.32 Å². The van der Waals surface area contributed by atoms with E-state index in [4.69, 9.17) is 0 Å². The van der Waals surface area contributed by atoms with Gasteiger partial charge in [0.25, 0.3) is 0 Å². The molecular weight excluding hydrogens is 138 g/mol. The molecule has 0 aliphatic carbocycles. The Morgan fingerprint density at radius 1 is 1.64 bits per heavy atom. The first-order chi connectivity index (χ1) is 5.27. The molecule has 1 unspecified atom stereocenters. The topological polar surface area (TPSA) is 32.3 Å². The van der Waals surface area contributed by atoms with Crippen LogP contribution in [0, 0.1) is 11.8 Å². The zero-order valence-electron chi connectivity index (χ0n) is 6.98. The van der Waals surface area contributed by atoms with Crippen LogP contribution in [0.3, 0.4) is 0 Å². The lowest BCUT2D eigenvalue weighted by molar-refractivity contribution is 0.0735. The average Bonchev–Trinajstić information content (AvgIpc) is 2.03. The maximum atomic E-state index is 9.77. The van der Waals surface area contributed by atoms with Gasteiger partial charge in [0.15, 0.2) is 0 Å². The lowest BCUT2D eigenvalue weighted by Gasteiger charge is -2.27. The minimum Gasteiger partial charge on any atom is -0.376 e. The first kappa shape index (κ1) is 8.58. The highest BCUT2D eigenvalue weighted by Crippen LogP contribution is 2.13. The smallest absolute Gasteiger partial charge is 0.137 e. The lowest BCUT2D eigenvalue weighted by Crippen LogP contribution is -2.44. The van der Waals surface area contributed by atoms with E-state index in [2.05, 4.69) is 17.2 Å². The molecule has 0 aromatic rings. The third-order valence-electron chi connectivity index (χ3n) is 1.86. The standard InChI is InChI=1S/C9H15NO/c1-2-3-5-9(11)6-4-7-10-8-9/h10-11H,2,4,6-8H2,1H3. The molecule has 2 nitrogen and oxygen atoms in total. The van der Waals surface area contributed by atoms with E-state index in [0.29, 0.717) is 6.54 Å². The van der Waals surface area contributed by atoms with Crippen LogP contribution in [0.4, 0.5) is 0 Å². The largest absolute Gasteiger partial charge is 0.376 e. The molecule has 1 rings (SSSR count). The van der Waals surface area contributed by atoms with Gasteiger partial charge in [0, 0.05) is 13.0 Å². The van der Waals surface area contributed by atoms with Crippen LogP contribution in [0.5, 0.6) is 0 Å². The molecule has 0 saturated carbocycles. The summed E-state index contributed by atoms with van der Waals surface area (Å²) in [5, 5.41) is 12.9. The third kappa shape index (κ3) is 2.53. The molecule has 1 saturated heterocycles. The summed E-state index contributed by atoms with van der Waals surface area (Å²) in [5.41, 5.74) is -0.742. The van der Waals surface area contributed by atoms with Crippen LogP contribution in [0.15, 0.2) is 0 Å². The highest BCUT2D eigenvalue weighted by Gasteiger charge is 2.25. The lowest BCUT2D eigenvalue weighted by atomic mass is 9.95. The van der Waals surface area contributed by atoms with Gasteiger partial charge in [0.1, 0.15) is 5.60 Å². The number of aliphatic hydroxyl groups is 1. The molecule has 0 bridgehead atoms. The summed E-state index contributed by atoms with van der Waals surface area (Å²) in [6, 6.07) is 0. The van der Waals surface area contributed by atoms with E-state index in [-0.39, 0.29) is 0 Å². The minimum atomic E-state index is -0.742. The van der Waals surface area contributed by atoms with Crippen molar-refractivity contribution in [2.24, 2.45) is 0 Å². The fraction of sp³-hybridized carbons (Fsp3) is 0.778. The molecule has 0 aromatic carbocycles. The molecule has 1 heterocycles. The van der Waals surface area contributed by atoms with Crippen molar-refractivity contribution in [1.82, 2.24) is 5.32 Å². The van der Waals surface area contributed by atoms with Crippen molar-refractivity contribution < 1.29 is 5.11 Å². The molecule has 1 aliphatic rings. The van der Waals surface area contributed by atoms with Crippen LogP contribution in [-0.4, -0.2) is 23.8 Å². The number of rotatable bonds is 0. The van der Waals surface area contributed by atoms with Gasteiger partial charge in [-0.1, -0.05) is 12.8 Å². The van der Waals surface area contributed by atoms with E-state index in [9.17, 15) is 5.11 Å². The molecule has 2 N–H and O–H groups in total. The van der Waals surface area contributed by atoms with Gasteiger partial charge in [-0.15, -0.1) is 5.92 Å². The second-order valence-electron chi connectivity index (χ2n) is 2.97. The Morgan fingerprint density at radius 3 is 3.00 bits per heavy atom. The summed E-state index contributed by atoms with van der Waals surface area (Å²) in [6.45, 7) is 3.63. The molecule has 1 fully saturated rings. The first-order valence-corrected chi connectivity index (χ1v) is 4.20. The Balaban J connectivity index is 2.49. The fourth-order valence-electron chi connectivity index (χ4n) is 1.25. The molecule has 1 atom stereocenters. The van der Waals surface area contributed by atoms with E-state index in [0.717, 1.165) is 25.8 Å². The Hall–Kier alpha value is -0.520. The number of piperidine rings is 1. The van der Waals surface area contributed by atoms with E-state index >= 15 is 0 Å². The summed E-state index contributed by atoms with van der Waals surface area (Å²) in [4.78, 5) is 0. The second-order valence-corrected chi connectivity index (χ2v) is 2.97. The maximum Gasteiger partial charge on any atom is 0.137 e. The van der Waals surface area contributed by atoms with Crippen molar-refractivity contribution in [2.75, 3.05) is 13.1 Å². The Kier molecular flexibility index (Phi) is 2.92. The zero-order valence-corrected chi connectivity index (χ0v) is 6.98. The van der Waals surface area contributed by atoms with Crippen LogP contribution >= 0.6 is 0 Å². The fourth-order valence-corrected chi connectivity index (χ4v) is 1.25. The normalized spacial score (nSPS) is 30.7. The highest BCUT2D eigenvalue weighted by atomic mass is 16.3. The van der Waals surface area contributed by atoms with E-state index in [1.807, 2.05) is 6.92 Å². The maximum absolute atomic E-state index is 9.77. The van der Waals surface area contributed by atoms with Gasteiger partial charge in [-0.25, -0.2) is 0 Å². The summed E-state index contributed by atoms with van der Waals surface area (Å²) in [7, 11) is 0. The first-order valence-electron chi connectivity index (χ1n) is 4.20. The predicted octanol–water partition coefficient (Wildman–Crippen LogP) is 0.514. The number of β-amino-alcohol motifs (C(OH)–C–C–N with tert-alkyl or cyclic N) is 1. The summed E-state index contributed by atoms with van der Waals surface area (Å²) in [5.74, 6) is 5.81. The van der Waals surface area contributed by atoms with Gasteiger partial charge in [-0.2, -0.15) is 0 Å². The van der Waals surface area contributed by atoms with Gasteiger partial charge in [-0.3, -0.25) is 0 Å². The summed E-state index contributed by atoms with van der Waals surface area (Å²) in [6.07, 6.45) is 2.66. The van der Waals surface area contributed by atoms with Gasteiger partial charge in [-0.05, 0) is 19.4 Å². The third-order valence-corrected chi connectivity index (χ3v) is 1.86. The second kappa shape index (κ2) is 3.75. The molecular formula is C9H15NO. The predicted molar refractivity (Wildman–Crippen MR) is 45.1 cm³/mol. The summed E-state index contributed by atoms with van der Waals surface area (Å²) >= 11 is 0. The highest BCUT2D eigenvalue weighted by molar-refractivity contribution is 5.15. The molecule has 1 aliphatic heterocycles. The van der Waals surface area contributed by atoms with E-state index in [1.54, 1.807) is 0 Å². The van der Waals surface area contributed by atoms with E-state index < -0.39 is 5.60 Å². The molecule has 11 heavy (non-hydrogen) atoms. The average molecular weight is 153 g/mol. The van der Waals surface area contributed by atoms with Crippen LogP contribution in [-0.2, 0) is 0 Å². The van der Waals surface area contributed by atoms with Gasteiger partial charge >= 0.3 is 0 Å². The van der Waals surface area contributed by atoms with Crippen molar-refractivity contribution in [3.8, 4) is 11.8 Å². The zero-order chi connectivity index (χ0) is 8.16. The number of nitrogens with one attached hydrogen (secondary N) is 1. The Labute approximate surface area is 68.0 Å². The van der Waals surface area contributed by atoms with Crippen LogP contribution in [0.2, 0.25) is 0 Å². The van der Waals surface area contributed by atoms with Crippen molar-refractivity contribution in [1.29, 1.82) is 0 Å². The number of hydrogen-bond donors (Lipinski definition) is 2. The molecule has 0 radical (unpaired) electrons.